The quantitative estimate of drug-likeness (QED) is 0.447. The zero-order valence-electron chi connectivity index (χ0n) is 19.4. The van der Waals surface area contributed by atoms with Gasteiger partial charge in [0.25, 0.3) is 0 Å². The monoisotopic (exact) mass is 419 g/mol. The van der Waals surface area contributed by atoms with Gasteiger partial charge in [-0.3, -0.25) is 9.89 Å². The Hall–Kier alpha value is -1.67. The number of methoxy groups -OCH3 is 1. The van der Waals surface area contributed by atoms with E-state index in [4.69, 9.17) is 9.73 Å². The van der Waals surface area contributed by atoms with Gasteiger partial charge >= 0.3 is 0 Å². The van der Waals surface area contributed by atoms with Crippen LogP contribution in [0.4, 0.5) is 0 Å². The summed E-state index contributed by atoms with van der Waals surface area (Å²) in [6, 6.07) is 0.855. The number of fused-ring (bicyclic) bond motifs is 1. The summed E-state index contributed by atoms with van der Waals surface area (Å²) in [6.45, 7) is 12.2. The molecule has 8 nitrogen and oxygen atoms in total. The first-order valence-corrected chi connectivity index (χ1v) is 11.9. The van der Waals surface area contributed by atoms with Crippen LogP contribution in [0.2, 0.25) is 0 Å². The number of aliphatic imine (C=N–C) groups is 1. The van der Waals surface area contributed by atoms with Crippen LogP contribution in [0, 0.1) is 5.92 Å². The molecular weight excluding hydrogens is 378 g/mol. The number of ether oxygens (including phenoxy) is 1. The predicted octanol–water partition coefficient (Wildman–Crippen LogP) is 2.20. The van der Waals surface area contributed by atoms with Gasteiger partial charge in [-0.15, -0.1) is 0 Å². The van der Waals surface area contributed by atoms with E-state index in [9.17, 15) is 0 Å². The maximum absolute atomic E-state index is 5.18. The lowest BCUT2D eigenvalue weighted by atomic mass is 9.93. The molecule has 3 heterocycles. The number of aryl methyl sites for hydroxylation is 1. The van der Waals surface area contributed by atoms with Gasteiger partial charge in [0.15, 0.2) is 11.8 Å². The molecule has 0 amide bonds. The molecule has 30 heavy (non-hydrogen) atoms. The number of hydrogen-bond donors (Lipinski definition) is 2. The second kappa shape index (κ2) is 11.6. The molecule has 1 aromatic heterocycles. The van der Waals surface area contributed by atoms with Gasteiger partial charge in [0.2, 0.25) is 0 Å². The zero-order valence-corrected chi connectivity index (χ0v) is 19.4. The fraction of sp³-hybridized carbons (Fsp3) is 0.864. The average molecular weight is 420 g/mol. The number of likely N-dealkylation sites (tertiary alicyclic amines) is 1. The van der Waals surface area contributed by atoms with E-state index in [1.807, 2.05) is 4.68 Å². The molecule has 0 bridgehead atoms. The number of nitrogens with one attached hydrogen (secondary N) is 2. The third-order valence-corrected chi connectivity index (χ3v) is 6.50. The molecule has 0 spiro atoms. The van der Waals surface area contributed by atoms with Gasteiger partial charge in [-0.25, -0.2) is 9.67 Å². The maximum atomic E-state index is 5.18. The van der Waals surface area contributed by atoms with Crippen molar-refractivity contribution < 1.29 is 4.74 Å². The Kier molecular flexibility index (Phi) is 8.93. The van der Waals surface area contributed by atoms with Crippen LogP contribution in [-0.4, -0.2) is 71.0 Å². The molecule has 3 rings (SSSR count). The summed E-state index contributed by atoms with van der Waals surface area (Å²) >= 11 is 0. The van der Waals surface area contributed by atoms with Gasteiger partial charge in [-0.1, -0.05) is 26.7 Å². The number of nitrogens with zero attached hydrogens (tertiary/aromatic N) is 5. The maximum Gasteiger partial charge on any atom is 0.191 e. The fourth-order valence-electron chi connectivity index (χ4n) is 4.84. The molecule has 170 valence electrons. The van der Waals surface area contributed by atoms with Crippen LogP contribution in [0.15, 0.2) is 4.99 Å². The summed E-state index contributed by atoms with van der Waals surface area (Å²) in [7, 11) is 1.68. The Morgan fingerprint density at radius 1 is 1.23 bits per heavy atom. The van der Waals surface area contributed by atoms with E-state index in [0.29, 0.717) is 24.6 Å². The van der Waals surface area contributed by atoms with E-state index in [1.165, 1.54) is 38.8 Å². The van der Waals surface area contributed by atoms with E-state index in [0.717, 1.165) is 50.1 Å². The third-order valence-electron chi connectivity index (χ3n) is 6.50. The molecule has 2 N–H and O–H groups in total. The SMILES string of the molecule is CCNC(=NCC(C(CC)CC)N1CCCC1)NC1CCc2nc(COC)nn2C1. The minimum atomic E-state index is 0.311. The van der Waals surface area contributed by atoms with Gasteiger partial charge in [-0.2, -0.15) is 5.10 Å². The lowest BCUT2D eigenvalue weighted by molar-refractivity contribution is 0.171. The minimum Gasteiger partial charge on any atom is -0.377 e. The molecule has 0 aliphatic carbocycles. The number of aromatic nitrogens is 3. The number of rotatable bonds is 10. The molecule has 2 atom stereocenters. The van der Waals surface area contributed by atoms with Gasteiger partial charge in [0.1, 0.15) is 12.4 Å². The molecule has 2 unspecified atom stereocenters. The Morgan fingerprint density at radius 2 is 2.00 bits per heavy atom. The molecule has 0 radical (unpaired) electrons. The van der Waals surface area contributed by atoms with Gasteiger partial charge in [0.05, 0.1) is 13.1 Å². The van der Waals surface area contributed by atoms with Crippen LogP contribution in [-0.2, 0) is 24.3 Å². The predicted molar refractivity (Wildman–Crippen MR) is 121 cm³/mol. The van der Waals surface area contributed by atoms with Crippen molar-refractivity contribution in [1.29, 1.82) is 0 Å². The van der Waals surface area contributed by atoms with Crippen molar-refractivity contribution in [2.24, 2.45) is 10.9 Å². The summed E-state index contributed by atoms with van der Waals surface area (Å²) < 4.78 is 7.20. The average Bonchev–Trinajstić information content (AvgIpc) is 3.40. The van der Waals surface area contributed by atoms with Crippen LogP contribution in [0.25, 0.3) is 0 Å². The molecule has 8 heteroatoms. The summed E-state index contributed by atoms with van der Waals surface area (Å²) in [5.74, 6) is 3.47. The first kappa shape index (κ1) is 23.0. The Balaban J connectivity index is 1.64. The highest BCUT2D eigenvalue weighted by Crippen LogP contribution is 2.23. The van der Waals surface area contributed by atoms with Crippen LogP contribution >= 0.6 is 0 Å². The standard InChI is InChI=1S/C22H41N7O/c1-5-17(6-2)19(28-12-8-9-13-28)14-24-22(23-7-3)25-18-10-11-21-26-20(16-30-4)27-29(21)15-18/h17-19H,5-16H2,1-4H3,(H2,23,24,25). The normalized spacial score (nSPS) is 21.1. The number of hydrogen-bond acceptors (Lipinski definition) is 5. The number of guanidine groups is 1. The molecule has 1 fully saturated rings. The molecular formula is C22H41N7O. The van der Waals surface area contributed by atoms with Crippen molar-refractivity contribution in [3.63, 3.8) is 0 Å². The largest absolute Gasteiger partial charge is 0.377 e. The summed E-state index contributed by atoms with van der Waals surface area (Å²) in [5.41, 5.74) is 0. The van der Waals surface area contributed by atoms with Crippen molar-refractivity contribution in [2.75, 3.05) is 33.3 Å². The van der Waals surface area contributed by atoms with Gasteiger partial charge in [0, 0.05) is 32.2 Å². The Morgan fingerprint density at radius 3 is 2.67 bits per heavy atom. The Bertz CT molecular complexity index is 662. The summed E-state index contributed by atoms with van der Waals surface area (Å²) in [6.07, 6.45) is 7.06. The molecule has 1 aromatic rings. The lowest BCUT2D eigenvalue weighted by Crippen LogP contribution is -2.48. The Labute approximate surface area is 181 Å². The van der Waals surface area contributed by atoms with E-state index in [1.54, 1.807) is 7.11 Å². The highest BCUT2D eigenvalue weighted by Gasteiger charge is 2.28. The van der Waals surface area contributed by atoms with E-state index in [-0.39, 0.29) is 0 Å². The third kappa shape index (κ3) is 5.94. The smallest absolute Gasteiger partial charge is 0.191 e. The first-order valence-electron chi connectivity index (χ1n) is 11.9. The van der Waals surface area contributed by atoms with Crippen LogP contribution in [0.1, 0.15) is 64.5 Å². The van der Waals surface area contributed by atoms with Crippen LogP contribution in [0.5, 0.6) is 0 Å². The second-order valence-electron chi connectivity index (χ2n) is 8.55. The minimum absolute atomic E-state index is 0.311. The van der Waals surface area contributed by atoms with Crippen LogP contribution < -0.4 is 10.6 Å². The highest BCUT2D eigenvalue weighted by molar-refractivity contribution is 5.80. The van der Waals surface area contributed by atoms with Crippen molar-refractivity contribution in [3.8, 4) is 0 Å². The lowest BCUT2D eigenvalue weighted by Gasteiger charge is -2.33. The van der Waals surface area contributed by atoms with E-state index in [2.05, 4.69) is 46.4 Å². The van der Waals surface area contributed by atoms with Crippen molar-refractivity contribution >= 4 is 5.96 Å². The second-order valence-corrected chi connectivity index (χ2v) is 8.55. The van der Waals surface area contributed by atoms with Crippen molar-refractivity contribution in [2.45, 2.75) is 84.5 Å². The van der Waals surface area contributed by atoms with E-state index >= 15 is 0 Å². The van der Waals surface area contributed by atoms with Crippen molar-refractivity contribution in [1.82, 2.24) is 30.3 Å². The molecule has 2 aliphatic rings. The molecule has 2 aliphatic heterocycles. The highest BCUT2D eigenvalue weighted by atomic mass is 16.5. The molecule has 0 aromatic carbocycles. The van der Waals surface area contributed by atoms with E-state index < -0.39 is 0 Å². The summed E-state index contributed by atoms with van der Waals surface area (Å²) in [4.78, 5) is 12.3. The van der Waals surface area contributed by atoms with Crippen LogP contribution in [0.3, 0.4) is 0 Å². The molecule has 1 saturated heterocycles. The van der Waals surface area contributed by atoms with Crippen molar-refractivity contribution in [3.05, 3.63) is 11.6 Å². The van der Waals surface area contributed by atoms with Gasteiger partial charge in [-0.05, 0) is 45.2 Å². The molecule has 0 saturated carbocycles. The first-order chi connectivity index (χ1) is 14.7. The summed E-state index contributed by atoms with van der Waals surface area (Å²) in [5, 5.41) is 11.7. The zero-order chi connectivity index (χ0) is 21.3. The fourth-order valence-corrected chi connectivity index (χ4v) is 4.84. The topological polar surface area (TPSA) is 79.6 Å². The van der Waals surface area contributed by atoms with Gasteiger partial charge < -0.3 is 15.4 Å².